The van der Waals surface area contributed by atoms with Crippen molar-refractivity contribution in [1.82, 2.24) is 15.2 Å². The van der Waals surface area contributed by atoms with E-state index >= 15 is 0 Å². The van der Waals surface area contributed by atoms with Gasteiger partial charge >= 0.3 is 0 Å². The third-order valence-corrected chi connectivity index (χ3v) is 3.10. The molecule has 2 aromatic rings. The molecule has 0 saturated carbocycles. The lowest BCUT2D eigenvalue weighted by atomic mass is 10.3. The standard InChI is InChI=1S/C16H20F2N4O/c1-19-16(20-6-10-22-8-2-3-9-22)21-7-11-23-15-5-4-13(17)12-14(15)18/h2-5,8-9,12H,6-7,10-11H2,1H3,(H2,19,20,21). The molecule has 0 aliphatic rings. The van der Waals surface area contributed by atoms with Gasteiger partial charge in [-0.05, 0) is 24.3 Å². The van der Waals surface area contributed by atoms with Crippen molar-refractivity contribution in [3.63, 3.8) is 0 Å². The molecule has 2 rings (SSSR count). The van der Waals surface area contributed by atoms with Gasteiger partial charge in [-0.1, -0.05) is 0 Å². The number of benzene rings is 1. The molecule has 2 N–H and O–H groups in total. The summed E-state index contributed by atoms with van der Waals surface area (Å²) in [6, 6.07) is 7.17. The molecular weight excluding hydrogens is 302 g/mol. The molecule has 23 heavy (non-hydrogen) atoms. The minimum absolute atomic E-state index is 0.0313. The van der Waals surface area contributed by atoms with Gasteiger partial charge in [0.05, 0.1) is 6.54 Å². The van der Waals surface area contributed by atoms with Crippen LogP contribution in [0.3, 0.4) is 0 Å². The van der Waals surface area contributed by atoms with Crippen molar-refractivity contribution in [3.05, 3.63) is 54.4 Å². The number of ether oxygens (including phenoxy) is 1. The highest BCUT2D eigenvalue weighted by Gasteiger charge is 2.04. The predicted molar refractivity (Wildman–Crippen MR) is 85.6 cm³/mol. The van der Waals surface area contributed by atoms with Gasteiger partial charge in [0.25, 0.3) is 0 Å². The highest BCUT2D eigenvalue weighted by molar-refractivity contribution is 5.79. The average Bonchev–Trinajstić information content (AvgIpc) is 3.04. The van der Waals surface area contributed by atoms with E-state index in [9.17, 15) is 8.78 Å². The predicted octanol–water partition coefficient (Wildman–Crippen LogP) is 2.01. The van der Waals surface area contributed by atoms with Gasteiger partial charge in [-0.2, -0.15) is 0 Å². The van der Waals surface area contributed by atoms with Crippen LogP contribution in [0.5, 0.6) is 5.75 Å². The van der Waals surface area contributed by atoms with E-state index in [-0.39, 0.29) is 12.4 Å². The normalized spacial score (nSPS) is 11.3. The zero-order valence-electron chi connectivity index (χ0n) is 12.9. The van der Waals surface area contributed by atoms with Crippen LogP contribution in [0.1, 0.15) is 0 Å². The lowest BCUT2D eigenvalue weighted by molar-refractivity contribution is 0.304. The summed E-state index contributed by atoms with van der Waals surface area (Å²) in [6.07, 6.45) is 3.98. The molecule has 1 aromatic heterocycles. The Balaban J connectivity index is 1.65. The lowest BCUT2D eigenvalue weighted by Gasteiger charge is -2.13. The summed E-state index contributed by atoms with van der Waals surface area (Å²) in [5.41, 5.74) is 0. The van der Waals surface area contributed by atoms with Crippen molar-refractivity contribution < 1.29 is 13.5 Å². The number of aliphatic imine (C=N–C) groups is 1. The van der Waals surface area contributed by atoms with E-state index < -0.39 is 11.6 Å². The molecule has 7 heteroatoms. The van der Waals surface area contributed by atoms with Gasteiger partial charge in [-0.25, -0.2) is 8.78 Å². The first-order chi connectivity index (χ1) is 11.2. The van der Waals surface area contributed by atoms with Crippen molar-refractivity contribution in [2.24, 2.45) is 4.99 Å². The SMILES string of the molecule is CN=C(NCCOc1ccc(F)cc1F)NCCn1cccc1. The maximum absolute atomic E-state index is 13.4. The summed E-state index contributed by atoms with van der Waals surface area (Å²) in [6.45, 7) is 2.23. The molecule has 0 aliphatic heterocycles. The molecule has 0 aliphatic carbocycles. The molecule has 0 radical (unpaired) electrons. The fourth-order valence-corrected chi connectivity index (χ4v) is 1.97. The van der Waals surface area contributed by atoms with Gasteiger partial charge in [0, 0.05) is 38.6 Å². The number of nitrogens with zero attached hydrogens (tertiary/aromatic N) is 2. The molecular formula is C16H20F2N4O. The number of rotatable bonds is 7. The number of aromatic nitrogens is 1. The second-order valence-electron chi connectivity index (χ2n) is 4.77. The Morgan fingerprint density at radius 1 is 1.17 bits per heavy atom. The van der Waals surface area contributed by atoms with Crippen LogP contribution in [0.25, 0.3) is 0 Å². The molecule has 0 atom stereocenters. The molecule has 0 amide bonds. The van der Waals surface area contributed by atoms with Crippen LogP contribution in [0.4, 0.5) is 8.78 Å². The number of hydrogen-bond donors (Lipinski definition) is 2. The summed E-state index contributed by atoms with van der Waals surface area (Å²) >= 11 is 0. The fourth-order valence-electron chi connectivity index (χ4n) is 1.97. The maximum Gasteiger partial charge on any atom is 0.191 e. The third-order valence-electron chi connectivity index (χ3n) is 3.10. The second-order valence-corrected chi connectivity index (χ2v) is 4.77. The highest BCUT2D eigenvalue weighted by atomic mass is 19.1. The van der Waals surface area contributed by atoms with Gasteiger partial charge < -0.3 is 19.9 Å². The topological polar surface area (TPSA) is 50.6 Å². The largest absolute Gasteiger partial charge is 0.489 e. The summed E-state index contributed by atoms with van der Waals surface area (Å²) in [5.74, 6) is -0.663. The molecule has 1 heterocycles. The van der Waals surface area contributed by atoms with Crippen LogP contribution in [0, 0.1) is 11.6 Å². The first-order valence-corrected chi connectivity index (χ1v) is 7.32. The van der Waals surface area contributed by atoms with Gasteiger partial charge in [0.2, 0.25) is 0 Å². The Labute approximate surface area is 134 Å². The minimum atomic E-state index is -0.709. The molecule has 124 valence electrons. The average molecular weight is 322 g/mol. The Kier molecular flexibility index (Phi) is 6.40. The van der Waals surface area contributed by atoms with Crippen molar-refractivity contribution in [3.8, 4) is 5.75 Å². The van der Waals surface area contributed by atoms with E-state index in [0.29, 0.717) is 12.5 Å². The van der Waals surface area contributed by atoms with Gasteiger partial charge in [-0.15, -0.1) is 0 Å². The van der Waals surface area contributed by atoms with E-state index in [1.54, 1.807) is 7.05 Å². The Bertz CT molecular complexity index is 629. The van der Waals surface area contributed by atoms with Crippen LogP contribution in [0.2, 0.25) is 0 Å². The summed E-state index contributed by atoms with van der Waals surface area (Å²) < 4.78 is 33.5. The first kappa shape index (κ1) is 16.8. The summed E-state index contributed by atoms with van der Waals surface area (Å²) in [4.78, 5) is 4.09. The number of nitrogens with one attached hydrogen (secondary N) is 2. The van der Waals surface area contributed by atoms with E-state index in [1.807, 2.05) is 24.5 Å². The van der Waals surface area contributed by atoms with Gasteiger partial charge in [0.1, 0.15) is 12.4 Å². The van der Waals surface area contributed by atoms with Crippen molar-refractivity contribution >= 4 is 5.96 Å². The zero-order chi connectivity index (χ0) is 16.5. The van der Waals surface area contributed by atoms with E-state index in [4.69, 9.17) is 4.74 Å². The molecule has 0 bridgehead atoms. The van der Waals surface area contributed by atoms with E-state index in [2.05, 4.69) is 20.2 Å². The monoisotopic (exact) mass is 322 g/mol. The van der Waals surface area contributed by atoms with E-state index in [1.165, 1.54) is 6.07 Å². The lowest BCUT2D eigenvalue weighted by Crippen LogP contribution is -2.40. The third kappa shape index (κ3) is 5.61. The first-order valence-electron chi connectivity index (χ1n) is 7.32. The van der Waals surface area contributed by atoms with E-state index in [0.717, 1.165) is 25.2 Å². The summed E-state index contributed by atoms with van der Waals surface area (Å²) in [7, 11) is 1.67. The Morgan fingerprint density at radius 2 is 1.91 bits per heavy atom. The van der Waals surface area contributed by atoms with Crippen molar-refractivity contribution in [1.29, 1.82) is 0 Å². The smallest absolute Gasteiger partial charge is 0.191 e. The molecule has 5 nitrogen and oxygen atoms in total. The summed E-state index contributed by atoms with van der Waals surface area (Å²) in [5, 5.41) is 6.22. The highest BCUT2D eigenvalue weighted by Crippen LogP contribution is 2.17. The molecule has 0 unspecified atom stereocenters. The number of halogens is 2. The number of hydrogen-bond acceptors (Lipinski definition) is 2. The molecule has 0 spiro atoms. The fraction of sp³-hybridized carbons (Fsp3) is 0.312. The van der Waals surface area contributed by atoms with Crippen LogP contribution in [-0.2, 0) is 6.54 Å². The van der Waals surface area contributed by atoms with Crippen LogP contribution in [0.15, 0.2) is 47.7 Å². The minimum Gasteiger partial charge on any atom is -0.489 e. The Morgan fingerprint density at radius 3 is 2.61 bits per heavy atom. The van der Waals surface area contributed by atoms with Gasteiger partial charge in [0.15, 0.2) is 17.5 Å². The maximum atomic E-state index is 13.4. The quantitative estimate of drug-likeness (QED) is 0.466. The van der Waals surface area contributed by atoms with Crippen molar-refractivity contribution in [2.45, 2.75) is 6.54 Å². The van der Waals surface area contributed by atoms with Gasteiger partial charge in [-0.3, -0.25) is 4.99 Å². The second kappa shape index (κ2) is 8.77. The molecule has 0 fully saturated rings. The van der Waals surface area contributed by atoms with Crippen LogP contribution < -0.4 is 15.4 Å². The Hall–Kier alpha value is -2.57. The molecule has 1 aromatic carbocycles. The van der Waals surface area contributed by atoms with Crippen LogP contribution in [-0.4, -0.2) is 37.3 Å². The van der Waals surface area contributed by atoms with Crippen LogP contribution >= 0.6 is 0 Å². The van der Waals surface area contributed by atoms with Crippen molar-refractivity contribution in [2.75, 3.05) is 26.7 Å². The zero-order valence-corrected chi connectivity index (χ0v) is 12.9. The number of guanidine groups is 1. The molecule has 0 saturated heterocycles.